The minimum Gasteiger partial charge on any atom is -0.366 e. The van der Waals surface area contributed by atoms with Crippen LogP contribution in [0.5, 0.6) is 0 Å². The number of hydrogen-bond donors (Lipinski definition) is 0. The van der Waals surface area contributed by atoms with E-state index in [0.29, 0.717) is 0 Å². The number of methoxy groups -OCH3 is 1. The van der Waals surface area contributed by atoms with E-state index in [1.807, 2.05) is 0 Å². The first-order valence-electron chi connectivity index (χ1n) is 6.00. The van der Waals surface area contributed by atoms with Gasteiger partial charge in [0.05, 0.1) is 6.54 Å². The number of likely N-dealkylation sites (tertiary alicyclic amines) is 2. The van der Waals surface area contributed by atoms with Crippen molar-refractivity contribution in [3.05, 3.63) is 0 Å². The van der Waals surface area contributed by atoms with Crippen LogP contribution in [0.3, 0.4) is 0 Å². The first-order valence-corrected chi connectivity index (χ1v) is 6.00. The van der Waals surface area contributed by atoms with Gasteiger partial charge in [0.2, 0.25) is 5.91 Å². The number of hydrogen-bond acceptors (Lipinski definition) is 3. The van der Waals surface area contributed by atoms with Crippen molar-refractivity contribution >= 4 is 5.91 Å². The van der Waals surface area contributed by atoms with Crippen molar-refractivity contribution in [1.29, 1.82) is 0 Å². The molecule has 2 saturated heterocycles. The van der Waals surface area contributed by atoms with E-state index in [9.17, 15) is 18.0 Å². The van der Waals surface area contributed by atoms with Gasteiger partial charge in [0, 0.05) is 33.3 Å². The number of carbonyl (C=O) groups is 1. The third-order valence-electron chi connectivity index (χ3n) is 3.68. The zero-order valence-corrected chi connectivity index (χ0v) is 10.3. The molecule has 18 heavy (non-hydrogen) atoms. The van der Waals surface area contributed by atoms with Crippen LogP contribution in [-0.4, -0.2) is 67.3 Å². The van der Waals surface area contributed by atoms with Gasteiger partial charge in [-0.25, -0.2) is 0 Å². The molecule has 1 amide bonds. The molecular weight excluding hydrogens is 249 g/mol. The second kappa shape index (κ2) is 4.70. The molecule has 0 spiro atoms. The van der Waals surface area contributed by atoms with E-state index in [2.05, 4.69) is 4.74 Å². The van der Waals surface area contributed by atoms with E-state index in [-0.39, 0.29) is 25.5 Å². The summed E-state index contributed by atoms with van der Waals surface area (Å²) in [7, 11) is 1.06. The first-order chi connectivity index (χ1) is 8.38. The standard InChI is InChI=1S/C11H17F3N2O2/c1-18-10(11(12,13)14)7-15(8-10)6-9(17)16-4-2-3-5-16/h2-8H2,1H3. The second-order valence-corrected chi connectivity index (χ2v) is 4.93. The molecule has 2 heterocycles. The fourth-order valence-corrected chi connectivity index (χ4v) is 2.47. The lowest BCUT2D eigenvalue weighted by Gasteiger charge is -2.49. The highest BCUT2D eigenvalue weighted by Gasteiger charge is 2.62. The van der Waals surface area contributed by atoms with Crippen LogP contribution in [0.4, 0.5) is 13.2 Å². The third kappa shape index (κ3) is 2.33. The Labute approximate surface area is 104 Å². The second-order valence-electron chi connectivity index (χ2n) is 4.93. The van der Waals surface area contributed by atoms with Crippen LogP contribution >= 0.6 is 0 Å². The highest BCUT2D eigenvalue weighted by atomic mass is 19.4. The average molecular weight is 266 g/mol. The lowest BCUT2D eigenvalue weighted by molar-refractivity contribution is -0.310. The summed E-state index contributed by atoms with van der Waals surface area (Å²) in [6, 6.07) is 0. The molecule has 0 radical (unpaired) electrons. The predicted octanol–water partition coefficient (Wildman–Crippen LogP) is 0.872. The molecule has 104 valence electrons. The van der Waals surface area contributed by atoms with Gasteiger partial charge >= 0.3 is 6.18 Å². The molecule has 0 saturated carbocycles. The third-order valence-corrected chi connectivity index (χ3v) is 3.68. The summed E-state index contributed by atoms with van der Waals surface area (Å²) >= 11 is 0. The van der Waals surface area contributed by atoms with E-state index in [4.69, 9.17) is 0 Å². The van der Waals surface area contributed by atoms with Crippen LogP contribution in [0.1, 0.15) is 12.8 Å². The predicted molar refractivity (Wildman–Crippen MR) is 58.0 cm³/mol. The SMILES string of the molecule is COC1(C(F)(F)F)CN(CC(=O)N2CCCC2)C1. The highest BCUT2D eigenvalue weighted by Crippen LogP contribution is 2.40. The molecule has 0 aromatic carbocycles. The van der Waals surface area contributed by atoms with Crippen molar-refractivity contribution in [2.45, 2.75) is 24.6 Å². The molecule has 2 rings (SSSR count). The van der Waals surface area contributed by atoms with Gasteiger partial charge in [-0.3, -0.25) is 9.69 Å². The Morgan fingerprint density at radius 3 is 2.28 bits per heavy atom. The van der Waals surface area contributed by atoms with Crippen LogP contribution in [0.2, 0.25) is 0 Å². The average Bonchev–Trinajstić information content (AvgIpc) is 2.73. The maximum absolute atomic E-state index is 12.7. The zero-order chi connectivity index (χ0) is 13.4. The number of carbonyl (C=O) groups excluding carboxylic acids is 1. The Kier molecular flexibility index (Phi) is 3.55. The molecule has 0 aromatic heterocycles. The minimum absolute atomic E-state index is 0.0567. The van der Waals surface area contributed by atoms with Gasteiger partial charge in [-0.15, -0.1) is 0 Å². The van der Waals surface area contributed by atoms with Crippen LogP contribution in [0.25, 0.3) is 0 Å². The van der Waals surface area contributed by atoms with E-state index < -0.39 is 11.8 Å². The molecule has 0 aromatic rings. The zero-order valence-electron chi connectivity index (χ0n) is 10.3. The summed E-state index contributed by atoms with van der Waals surface area (Å²) in [5, 5.41) is 0. The van der Waals surface area contributed by atoms with Crippen molar-refractivity contribution in [1.82, 2.24) is 9.80 Å². The number of halogens is 3. The number of amides is 1. The summed E-state index contributed by atoms with van der Waals surface area (Å²) < 4.78 is 42.7. The molecule has 0 aliphatic carbocycles. The summed E-state index contributed by atoms with van der Waals surface area (Å²) in [6.07, 6.45) is -2.42. The van der Waals surface area contributed by atoms with E-state index in [0.717, 1.165) is 33.0 Å². The molecule has 4 nitrogen and oxygen atoms in total. The summed E-state index contributed by atoms with van der Waals surface area (Å²) in [5.74, 6) is -0.0839. The smallest absolute Gasteiger partial charge is 0.366 e. The van der Waals surface area contributed by atoms with Crippen LogP contribution in [-0.2, 0) is 9.53 Å². The van der Waals surface area contributed by atoms with Gasteiger partial charge in [-0.2, -0.15) is 13.2 Å². The quantitative estimate of drug-likeness (QED) is 0.760. The van der Waals surface area contributed by atoms with Crippen molar-refractivity contribution in [3.63, 3.8) is 0 Å². The molecule has 2 aliphatic heterocycles. The van der Waals surface area contributed by atoms with Gasteiger partial charge in [-0.05, 0) is 12.8 Å². The minimum atomic E-state index is -4.38. The van der Waals surface area contributed by atoms with Gasteiger partial charge in [0.25, 0.3) is 0 Å². The summed E-state index contributed by atoms with van der Waals surface area (Å²) in [5.41, 5.74) is -2.09. The molecular formula is C11H17F3N2O2. The Balaban J connectivity index is 1.83. The normalized spacial score (nSPS) is 24.1. The fourth-order valence-electron chi connectivity index (χ4n) is 2.47. The largest absolute Gasteiger partial charge is 0.419 e. The number of nitrogens with zero attached hydrogens (tertiary/aromatic N) is 2. The maximum atomic E-state index is 12.7. The van der Waals surface area contributed by atoms with Crippen molar-refractivity contribution in [2.75, 3.05) is 39.8 Å². The molecule has 0 N–H and O–H groups in total. The van der Waals surface area contributed by atoms with Crippen LogP contribution < -0.4 is 0 Å². The number of rotatable bonds is 3. The molecule has 0 unspecified atom stereocenters. The van der Waals surface area contributed by atoms with Crippen LogP contribution in [0, 0.1) is 0 Å². The Bertz CT molecular complexity index is 321. The summed E-state index contributed by atoms with van der Waals surface area (Å²) in [4.78, 5) is 15.0. The Hall–Kier alpha value is -0.820. The highest BCUT2D eigenvalue weighted by molar-refractivity contribution is 5.78. The van der Waals surface area contributed by atoms with Crippen molar-refractivity contribution in [2.24, 2.45) is 0 Å². The van der Waals surface area contributed by atoms with Gasteiger partial charge < -0.3 is 9.64 Å². The molecule has 7 heteroatoms. The van der Waals surface area contributed by atoms with Gasteiger partial charge in [0.1, 0.15) is 0 Å². The van der Waals surface area contributed by atoms with E-state index in [1.54, 1.807) is 4.90 Å². The molecule has 0 atom stereocenters. The topological polar surface area (TPSA) is 32.8 Å². The van der Waals surface area contributed by atoms with E-state index in [1.165, 1.54) is 4.90 Å². The molecule has 2 fully saturated rings. The summed E-state index contributed by atoms with van der Waals surface area (Å²) in [6.45, 7) is 0.989. The number of alkyl halides is 3. The molecule has 2 aliphatic rings. The fraction of sp³-hybridized carbons (Fsp3) is 0.909. The Morgan fingerprint density at radius 2 is 1.83 bits per heavy atom. The number of ether oxygens (including phenoxy) is 1. The Morgan fingerprint density at radius 1 is 1.28 bits per heavy atom. The van der Waals surface area contributed by atoms with Gasteiger partial charge in [0.15, 0.2) is 5.60 Å². The maximum Gasteiger partial charge on any atom is 0.419 e. The molecule has 0 bridgehead atoms. The lowest BCUT2D eigenvalue weighted by Crippen LogP contribution is -2.70. The van der Waals surface area contributed by atoms with E-state index >= 15 is 0 Å². The van der Waals surface area contributed by atoms with Crippen molar-refractivity contribution < 1.29 is 22.7 Å². The van der Waals surface area contributed by atoms with Crippen molar-refractivity contribution in [3.8, 4) is 0 Å². The van der Waals surface area contributed by atoms with Gasteiger partial charge in [-0.1, -0.05) is 0 Å². The lowest BCUT2D eigenvalue weighted by atomic mass is 9.93. The van der Waals surface area contributed by atoms with Crippen LogP contribution in [0.15, 0.2) is 0 Å². The first kappa shape index (κ1) is 13.6. The monoisotopic (exact) mass is 266 g/mol.